The van der Waals surface area contributed by atoms with Gasteiger partial charge >= 0.3 is 5.97 Å². The number of aryl methyl sites for hydroxylation is 2. The zero-order chi connectivity index (χ0) is 15.3. The highest BCUT2D eigenvalue weighted by atomic mass is 16.5. The molecule has 1 rings (SSSR count). The summed E-state index contributed by atoms with van der Waals surface area (Å²) < 4.78 is 5.27. The molecule has 0 aliphatic rings. The van der Waals surface area contributed by atoms with Crippen LogP contribution in [0.5, 0.6) is 5.75 Å². The maximum absolute atomic E-state index is 12.3. The lowest BCUT2D eigenvalue weighted by Crippen LogP contribution is -2.28. The van der Waals surface area contributed by atoms with Gasteiger partial charge in [0.2, 0.25) is 0 Å². The maximum atomic E-state index is 12.3. The van der Waals surface area contributed by atoms with Gasteiger partial charge in [-0.25, -0.2) is 0 Å². The Morgan fingerprint density at radius 3 is 2.25 bits per heavy atom. The van der Waals surface area contributed by atoms with Gasteiger partial charge in [-0.3, -0.25) is 9.59 Å². The average Bonchev–Trinajstić information content (AvgIpc) is 2.36. The minimum absolute atomic E-state index is 0.0677. The minimum atomic E-state index is -0.845. The summed E-state index contributed by atoms with van der Waals surface area (Å²) in [7, 11) is 3.29. The predicted molar refractivity (Wildman–Crippen MR) is 76.3 cm³/mol. The molecule has 0 aliphatic carbocycles. The van der Waals surface area contributed by atoms with Crippen LogP contribution in [0.2, 0.25) is 0 Å². The third kappa shape index (κ3) is 3.98. The molecule has 1 aromatic rings. The molecule has 0 saturated carbocycles. The molecular formula is C15H21NO4. The van der Waals surface area contributed by atoms with E-state index in [0.29, 0.717) is 18.5 Å². The first kappa shape index (κ1) is 16.0. The first-order chi connectivity index (χ1) is 9.36. The van der Waals surface area contributed by atoms with E-state index in [2.05, 4.69) is 0 Å². The summed E-state index contributed by atoms with van der Waals surface area (Å²) >= 11 is 0. The van der Waals surface area contributed by atoms with E-state index >= 15 is 0 Å². The van der Waals surface area contributed by atoms with Crippen LogP contribution in [0.15, 0.2) is 12.1 Å². The van der Waals surface area contributed by atoms with Gasteiger partial charge in [0.15, 0.2) is 0 Å². The second kappa shape index (κ2) is 6.93. The summed E-state index contributed by atoms with van der Waals surface area (Å²) in [5.74, 6) is -0.165. The van der Waals surface area contributed by atoms with Crippen LogP contribution in [0.25, 0.3) is 0 Å². The molecule has 5 heteroatoms. The number of methoxy groups -OCH3 is 1. The first-order valence-corrected chi connectivity index (χ1v) is 6.49. The molecule has 0 saturated heterocycles. The Kier molecular flexibility index (Phi) is 5.55. The highest BCUT2D eigenvalue weighted by Gasteiger charge is 2.15. The van der Waals surface area contributed by atoms with Crippen molar-refractivity contribution in [2.75, 3.05) is 20.7 Å². The smallest absolute Gasteiger partial charge is 0.303 e. The van der Waals surface area contributed by atoms with Crippen molar-refractivity contribution in [3.63, 3.8) is 0 Å². The molecule has 20 heavy (non-hydrogen) atoms. The molecule has 1 aromatic carbocycles. The number of carbonyl (C=O) groups excluding carboxylic acids is 1. The van der Waals surface area contributed by atoms with Crippen LogP contribution in [0.3, 0.4) is 0 Å². The number of amides is 1. The van der Waals surface area contributed by atoms with E-state index in [1.807, 2.05) is 13.8 Å². The van der Waals surface area contributed by atoms with Gasteiger partial charge in [0.25, 0.3) is 5.91 Å². The van der Waals surface area contributed by atoms with Crippen LogP contribution >= 0.6 is 0 Å². The summed E-state index contributed by atoms with van der Waals surface area (Å²) in [6.45, 7) is 4.22. The molecule has 1 amide bonds. The fourth-order valence-corrected chi connectivity index (χ4v) is 2.19. The molecule has 110 valence electrons. The van der Waals surface area contributed by atoms with E-state index in [9.17, 15) is 9.59 Å². The number of nitrogens with zero attached hydrogens (tertiary/aromatic N) is 1. The van der Waals surface area contributed by atoms with Crippen molar-refractivity contribution in [2.24, 2.45) is 0 Å². The standard InChI is InChI=1S/C15H21NO4/c1-10-8-12(9-11(2)14(10)20-4)15(19)16(3)7-5-6-13(17)18/h8-9H,5-7H2,1-4H3,(H,17,18). The van der Waals surface area contributed by atoms with Crippen LogP contribution < -0.4 is 4.74 Å². The second-order valence-electron chi connectivity index (χ2n) is 4.87. The molecule has 0 radical (unpaired) electrons. The lowest BCUT2D eigenvalue weighted by atomic mass is 10.0. The molecule has 0 heterocycles. The molecular weight excluding hydrogens is 258 g/mol. The van der Waals surface area contributed by atoms with E-state index in [1.54, 1.807) is 31.2 Å². The Morgan fingerprint density at radius 1 is 1.25 bits per heavy atom. The number of carboxylic acid groups (broad SMARTS) is 1. The molecule has 0 fully saturated rings. The van der Waals surface area contributed by atoms with E-state index in [-0.39, 0.29) is 12.3 Å². The fourth-order valence-electron chi connectivity index (χ4n) is 2.19. The molecule has 0 spiro atoms. The average molecular weight is 279 g/mol. The molecule has 0 aliphatic heterocycles. The van der Waals surface area contributed by atoms with Gasteiger partial charge in [0, 0.05) is 25.6 Å². The number of aliphatic carboxylic acids is 1. The number of hydrogen-bond donors (Lipinski definition) is 1. The molecule has 0 unspecified atom stereocenters. The quantitative estimate of drug-likeness (QED) is 0.867. The van der Waals surface area contributed by atoms with Gasteiger partial charge in [-0.1, -0.05) is 0 Å². The topological polar surface area (TPSA) is 66.8 Å². The minimum Gasteiger partial charge on any atom is -0.496 e. The van der Waals surface area contributed by atoms with Crippen LogP contribution in [-0.2, 0) is 4.79 Å². The van der Waals surface area contributed by atoms with Crippen LogP contribution in [0.1, 0.15) is 34.3 Å². The van der Waals surface area contributed by atoms with E-state index < -0.39 is 5.97 Å². The zero-order valence-corrected chi connectivity index (χ0v) is 12.4. The Morgan fingerprint density at radius 2 is 1.80 bits per heavy atom. The van der Waals surface area contributed by atoms with Gasteiger partial charge in [-0.05, 0) is 43.5 Å². The maximum Gasteiger partial charge on any atom is 0.303 e. The molecule has 0 aromatic heterocycles. The van der Waals surface area contributed by atoms with Gasteiger partial charge in [0.05, 0.1) is 7.11 Å². The van der Waals surface area contributed by atoms with Gasteiger partial charge in [-0.15, -0.1) is 0 Å². The number of ether oxygens (including phenoxy) is 1. The Balaban J connectivity index is 2.79. The van der Waals surface area contributed by atoms with Crippen LogP contribution in [0.4, 0.5) is 0 Å². The molecule has 0 bridgehead atoms. The molecule has 1 N–H and O–H groups in total. The fraction of sp³-hybridized carbons (Fsp3) is 0.467. The van der Waals surface area contributed by atoms with Crippen LogP contribution in [0, 0.1) is 13.8 Å². The van der Waals surface area contributed by atoms with Crippen molar-refractivity contribution in [1.29, 1.82) is 0 Å². The number of benzene rings is 1. The van der Waals surface area contributed by atoms with Crippen LogP contribution in [-0.4, -0.2) is 42.6 Å². The predicted octanol–water partition coefficient (Wildman–Crippen LogP) is 2.25. The number of rotatable bonds is 6. The third-order valence-corrected chi connectivity index (χ3v) is 3.14. The Labute approximate surface area is 119 Å². The van der Waals surface area contributed by atoms with Crippen molar-refractivity contribution in [2.45, 2.75) is 26.7 Å². The summed E-state index contributed by atoms with van der Waals surface area (Å²) in [5.41, 5.74) is 2.42. The highest BCUT2D eigenvalue weighted by Crippen LogP contribution is 2.24. The number of carboxylic acids is 1. The third-order valence-electron chi connectivity index (χ3n) is 3.14. The van der Waals surface area contributed by atoms with E-state index in [4.69, 9.17) is 9.84 Å². The van der Waals surface area contributed by atoms with Crippen molar-refractivity contribution < 1.29 is 19.4 Å². The Bertz CT molecular complexity index is 488. The SMILES string of the molecule is COc1c(C)cc(C(=O)N(C)CCCC(=O)O)cc1C. The van der Waals surface area contributed by atoms with Crippen molar-refractivity contribution in [1.82, 2.24) is 4.90 Å². The first-order valence-electron chi connectivity index (χ1n) is 6.49. The zero-order valence-electron chi connectivity index (χ0n) is 12.4. The lowest BCUT2D eigenvalue weighted by Gasteiger charge is -2.18. The molecule has 5 nitrogen and oxygen atoms in total. The summed E-state index contributed by atoms with van der Waals surface area (Å²) in [5, 5.41) is 8.60. The van der Waals surface area contributed by atoms with Gasteiger partial charge in [-0.2, -0.15) is 0 Å². The van der Waals surface area contributed by atoms with Gasteiger partial charge < -0.3 is 14.7 Å². The highest BCUT2D eigenvalue weighted by molar-refractivity contribution is 5.94. The monoisotopic (exact) mass is 279 g/mol. The molecule has 0 atom stereocenters. The van der Waals surface area contributed by atoms with E-state index in [0.717, 1.165) is 16.9 Å². The summed E-state index contributed by atoms with van der Waals surface area (Å²) in [6, 6.07) is 3.59. The number of carbonyl (C=O) groups is 2. The van der Waals surface area contributed by atoms with Crippen molar-refractivity contribution >= 4 is 11.9 Å². The largest absolute Gasteiger partial charge is 0.496 e. The number of hydrogen-bond acceptors (Lipinski definition) is 3. The second-order valence-corrected chi connectivity index (χ2v) is 4.87. The van der Waals surface area contributed by atoms with Gasteiger partial charge in [0.1, 0.15) is 5.75 Å². The Hall–Kier alpha value is -2.04. The summed E-state index contributed by atoms with van der Waals surface area (Å²) in [4.78, 5) is 24.3. The lowest BCUT2D eigenvalue weighted by molar-refractivity contribution is -0.137. The van der Waals surface area contributed by atoms with E-state index in [1.165, 1.54) is 0 Å². The summed E-state index contributed by atoms with van der Waals surface area (Å²) in [6.07, 6.45) is 0.518. The normalized spacial score (nSPS) is 10.2. The van der Waals surface area contributed by atoms with Crippen molar-refractivity contribution in [3.05, 3.63) is 28.8 Å². The van der Waals surface area contributed by atoms with Crippen molar-refractivity contribution in [3.8, 4) is 5.75 Å².